The fraction of sp³-hybridized carbons (Fsp3) is 0.381. The van der Waals surface area contributed by atoms with E-state index in [1.807, 2.05) is 6.07 Å². The molecule has 0 aliphatic heterocycles. The van der Waals surface area contributed by atoms with Crippen LogP contribution >= 0.6 is 0 Å². The molecule has 0 bridgehead atoms. The molecule has 22 heavy (non-hydrogen) atoms. The Morgan fingerprint density at radius 3 is 2.45 bits per heavy atom. The van der Waals surface area contributed by atoms with Gasteiger partial charge in [0.05, 0.1) is 0 Å². The Labute approximate surface area is 131 Å². The topological polar surface area (TPSA) is 17.1 Å². The highest BCUT2D eigenvalue weighted by Crippen LogP contribution is 2.49. The van der Waals surface area contributed by atoms with Gasteiger partial charge in [-0.1, -0.05) is 24.3 Å². The molecular formula is C21H20O. The van der Waals surface area contributed by atoms with E-state index in [-0.39, 0.29) is 0 Å². The van der Waals surface area contributed by atoms with Gasteiger partial charge in [0.25, 0.3) is 0 Å². The zero-order valence-electron chi connectivity index (χ0n) is 12.8. The molecule has 1 heteroatoms. The van der Waals surface area contributed by atoms with Gasteiger partial charge in [0.2, 0.25) is 0 Å². The van der Waals surface area contributed by atoms with Crippen molar-refractivity contribution in [3.63, 3.8) is 0 Å². The summed E-state index contributed by atoms with van der Waals surface area (Å²) in [6, 6.07) is 11.1. The van der Waals surface area contributed by atoms with E-state index in [0.717, 1.165) is 18.3 Å². The van der Waals surface area contributed by atoms with Crippen LogP contribution in [0.5, 0.6) is 0 Å². The predicted molar refractivity (Wildman–Crippen MR) is 87.5 cm³/mol. The third-order valence-corrected chi connectivity index (χ3v) is 6.11. The van der Waals surface area contributed by atoms with Crippen LogP contribution in [-0.4, -0.2) is 6.29 Å². The molecular weight excluding hydrogens is 268 g/mol. The Hall–Kier alpha value is -1.89. The van der Waals surface area contributed by atoms with Gasteiger partial charge in [-0.25, -0.2) is 0 Å². The fourth-order valence-corrected chi connectivity index (χ4v) is 5.20. The molecule has 5 rings (SSSR count). The van der Waals surface area contributed by atoms with Gasteiger partial charge in [0.1, 0.15) is 6.29 Å². The van der Waals surface area contributed by atoms with Crippen LogP contribution in [-0.2, 0) is 38.5 Å². The van der Waals surface area contributed by atoms with E-state index >= 15 is 0 Å². The van der Waals surface area contributed by atoms with Crippen molar-refractivity contribution in [1.82, 2.24) is 0 Å². The highest BCUT2D eigenvalue weighted by atomic mass is 16.1. The Bertz CT molecular complexity index is 802. The molecule has 0 aromatic heterocycles. The highest BCUT2D eigenvalue weighted by Gasteiger charge is 2.43. The lowest BCUT2D eigenvalue weighted by molar-refractivity contribution is 0.112. The molecule has 0 unspecified atom stereocenters. The predicted octanol–water partition coefficient (Wildman–Crippen LogP) is 3.87. The van der Waals surface area contributed by atoms with Gasteiger partial charge in [-0.3, -0.25) is 4.79 Å². The minimum Gasteiger partial charge on any atom is -0.298 e. The Morgan fingerprint density at radius 2 is 1.55 bits per heavy atom. The van der Waals surface area contributed by atoms with Crippen LogP contribution in [0.25, 0.3) is 0 Å². The molecule has 3 aliphatic rings. The van der Waals surface area contributed by atoms with Crippen LogP contribution in [0, 0.1) is 5.41 Å². The molecule has 0 saturated heterocycles. The van der Waals surface area contributed by atoms with Crippen LogP contribution in [0.15, 0.2) is 30.3 Å². The van der Waals surface area contributed by atoms with Gasteiger partial charge in [-0.05, 0) is 89.8 Å². The maximum atomic E-state index is 11.0. The van der Waals surface area contributed by atoms with Crippen LogP contribution < -0.4 is 0 Å². The number of hydrogen-bond acceptors (Lipinski definition) is 1. The van der Waals surface area contributed by atoms with Gasteiger partial charge >= 0.3 is 0 Å². The monoisotopic (exact) mass is 288 g/mol. The number of fused-ring (bicyclic) bond motifs is 4. The largest absolute Gasteiger partial charge is 0.298 e. The Kier molecular flexibility index (Phi) is 2.48. The average molecular weight is 288 g/mol. The van der Waals surface area contributed by atoms with Crippen molar-refractivity contribution < 1.29 is 4.79 Å². The zero-order valence-corrected chi connectivity index (χ0v) is 12.8. The smallest absolute Gasteiger partial charge is 0.150 e. The number of carbonyl (C=O) groups excluding carboxylic acids is 1. The average Bonchev–Trinajstić information content (AvgIpc) is 3.20. The van der Waals surface area contributed by atoms with E-state index in [1.54, 1.807) is 22.3 Å². The van der Waals surface area contributed by atoms with Crippen LogP contribution in [0.2, 0.25) is 0 Å². The van der Waals surface area contributed by atoms with Crippen molar-refractivity contribution in [1.29, 1.82) is 0 Å². The lowest BCUT2D eigenvalue weighted by atomic mass is 9.81. The first-order chi connectivity index (χ1) is 10.8. The number of hydrogen-bond donors (Lipinski definition) is 0. The summed E-state index contributed by atoms with van der Waals surface area (Å²) in [6.45, 7) is 0. The quantitative estimate of drug-likeness (QED) is 0.728. The molecule has 0 N–H and O–H groups in total. The maximum absolute atomic E-state index is 11.0. The van der Waals surface area contributed by atoms with Gasteiger partial charge in [-0.2, -0.15) is 0 Å². The first-order valence-electron chi connectivity index (χ1n) is 8.46. The molecule has 0 amide bonds. The number of benzene rings is 2. The Morgan fingerprint density at radius 1 is 0.773 bits per heavy atom. The molecule has 0 radical (unpaired) electrons. The van der Waals surface area contributed by atoms with Crippen molar-refractivity contribution in [2.75, 3.05) is 0 Å². The summed E-state index contributed by atoms with van der Waals surface area (Å²) in [7, 11) is 0. The second-order valence-corrected chi connectivity index (χ2v) is 7.55. The molecule has 0 heterocycles. The number of aldehydes is 1. The van der Waals surface area contributed by atoms with Crippen molar-refractivity contribution in [2.24, 2.45) is 5.41 Å². The second-order valence-electron chi connectivity index (χ2n) is 7.55. The summed E-state index contributed by atoms with van der Waals surface area (Å²) >= 11 is 0. The SMILES string of the molecule is O=Cc1ccc2c(c1)C[C@@]1(C2)Cc2ccc3c(c2C1)CCC3. The van der Waals surface area contributed by atoms with Gasteiger partial charge in [0, 0.05) is 5.56 Å². The molecule has 110 valence electrons. The molecule has 2 aromatic carbocycles. The number of aryl methyl sites for hydroxylation is 1. The third-order valence-electron chi connectivity index (χ3n) is 6.11. The van der Waals surface area contributed by atoms with E-state index < -0.39 is 0 Å². The first-order valence-corrected chi connectivity index (χ1v) is 8.46. The molecule has 2 aromatic rings. The van der Waals surface area contributed by atoms with E-state index in [1.165, 1.54) is 49.7 Å². The molecule has 0 fully saturated rings. The summed E-state index contributed by atoms with van der Waals surface area (Å²) in [6.07, 6.45) is 9.67. The van der Waals surface area contributed by atoms with Gasteiger partial charge < -0.3 is 0 Å². The lowest BCUT2D eigenvalue weighted by Gasteiger charge is -2.22. The first kappa shape index (κ1) is 12.6. The van der Waals surface area contributed by atoms with Crippen LogP contribution in [0.3, 0.4) is 0 Å². The third kappa shape index (κ3) is 1.68. The van der Waals surface area contributed by atoms with Gasteiger partial charge in [-0.15, -0.1) is 0 Å². The fourth-order valence-electron chi connectivity index (χ4n) is 5.20. The van der Waals surface area contributed by atoms with Crippen molar-refractivity contribution in [2.45, 2.75) is 44.9 Å². The summed E-state index contributed by atoms with van der Waals surface area (Å²) < 4.78 is 0. The Balaban J connectivity index is 1.53. The molecule has 1 spiro atoms. The standard InChI is InChI=1S/C21H20O/c22-13-14-4-5-16-9-21(11-18(16)8-14)10-17-7-6-15-2-1-3-19(15)20(17)12-21/h4-8,13H,1-3,9-12H2/t21-/m1/s1. The molecule has 1 nitrogen and oxygen atoms in total. The number of carbonyl (C=O) groups is 1. The van der Waals surface area contributed by atoms with E-state index in [0.29, 0.717) is 5.41 Å². The van der Waals surface area contributed by atoms with Crippen LogP contribution in [0.1, 0.15) is 50.2 Å². The molecule has 3 aliphatic carbocycles. The van der Waals surface area contributed by atoms with Gasteiger partial charge in [0.15, 0.2) is 0 Å². The highest BCUT2D eigenvalue weighted by molar-refractivity contribution is 5.75. The van der Waals surface area contributed by atoms with Crippen LogP contribution in [0.4, 0.5) is 0 Å². The minimum absolute atomic E-state index is 0.393. The normalized spacial score (nSPS) is 24.4. The summed E-state index contributed by atoms with van der Waals surface area (Å²) in [5.74, 6) is 0. The minimum atomic E-state index is 0.393. The summed E-state index contributed by atoms with van der Waals surface area (Å²) in [4.78, 5) is 11.0. The van der Waals surface area contributed by atoms with E-state index in [9.17, 15) is 4.79 Å². The molecule has 0 saturated carbocycles. The lowest BCUT2D eigenvalue weighted by Crippen LogP contribution is -2.21. The number of rotatable bonds is 1. The van der Waals surface area contributed by atoms with E-state index in [2.05, 4.69) is 24.3 Å². The second kappa shape index (κ2) is 4.32. The summed E-state index contributed by atoms with van der Waals surface area (Å²) in [5.41, 5.74) is 10.7. The van der Waals surface area contributed by atoms with Crippen molar-refractivity contribution in [3.05, 3.63) is 69.3 Å². The zero-order chi connectivity index (χ0) is 14.7. The van der Waals surface area contributed by atoms with Crippen molar-refractivity contribution >= 4 is 6.29 Å². The van der Waals surface area contributed by atoms with Crippen molar-refractivity contribution in [3.8, 4) is 0 Å². The summed E-state index contributed by atoms with van der Waals surface area (Å²) in [5, 5.41) is 0. The molecule has 1 atom stereocenters. The maximum Gasteiger partial charge on any atom is 0.150 e. The van der Waals surface area contributed by atoms with E-state index in [4.69, 9.17) is 0 Å².